The highest BCUT2D eigenvalue weighted by Gasteiger charge is 2.21. The molecule has 5 heteroatoms. The molecule has 0 saturated heterocycles. The molecule has 1 heterocycles. The Kier molecular flexibility index (Phi) is 5.09. The molecule has 0 saturated carbocycles. The van der Waals surface area contributed by atoms with Crippen molar-refractivity contribution in [3.8, 4) is 6.07 Å². The summed E-state index contributed by atoms with van der Waals surface area (Å²) in [6, 6.07) is 15.4. The molecule has 1 atom stereocenters. The molecule has 136 valence electrons. The maximum Gasteiger partial charge on any atom is 0.417 e. The largest absolute Gasteiger partial charge is 0.464 e. The van der Waals surface area contributed by atoms with Crippen LogP contribution in [-0.2, 0) is 6.42 Å². The number of hydrogen-bond donors (Lipinski definition) is 1. The van der Waals surface area contributed by atoms with Gasteiger partial charge in [0.1, 0.15) is 5.82 Å². The molecule has 0 aliphatic rings. The van der Waals surface area contributed by atoms with Crippen molar-refractivity contribution in [2.45, 2.75) is 33.1 Å². The van der Waals surface area contributed by atoms with Gasteiger partial charge in [-0.25, -0.2) is 14.3 Å². The van der Waals surface area contributed by atoms with Gasteiger partial charge in [0, 0.05) is 18.5 Å². The van der Waals surface area contributed by atoms with E-state index in [4.69, 9.17) is 5.26 Å². The standard InChI is InChI=1S/C22H21N3O2/c1-14-6-4-9-20(15(14)2)16(3)21-24-19(13-25(21)22(26)27)11-17-7-5-8-18(10-17)12-23/h4-10,13,16H,11H2,1-3H3,(H,26,27)/t16-/m0/s1. The zero-order chi connectivity index (χ0) is 19.6. The van der Waals surface area contributed by atoms with Gasteiger partial charge >= 0.3 is 6.09 Å². The van der Waals surface area contributed by atoms with Crippen molar-refractivity contribution >= 4 is 6.09 Å². The van der Waals surface area contributed by atoms with Crippen LogP contribution in [0.3, 0.4) is 0 Å². The lowest BCUT2D eigenvalue weighted by Gasteiger charge is -2.16. The Morgan fingerprint density at radius 2 is 2.00 bits per heavy atom. The minimum absolute atomic E-state index is 0.153. The monoisotopic (exact) mass is 359 g/mol. The number of nitrogens with zero attached hydrogens (tertiary/aromatic N) is 3. The number of benzene rings is 2. The molecule has 0 spiro atoms. The van der Waals surface area contributed by atoms with E-state index < -0.39 is 6.09 Å². The van der Waals surface area contributed by atoms with Crippen molar-refractivity contribution in [2.24, 2.45) is 0 Å². The molecule has 2 aromatic carbocycles. The Bertz CT molecular complexity index is 1040. The van der Waals surface area contributed by atoms with Gasteiger partial charge in [0.25, 0.3) is 0 Å². The van der Waals surface area contributed by atoms with Crippen molar-refractivity contribution in [1.29, 1.82) is 5.26 Å². The summed E-state index contributed by atoms with van der Waals surface area (Å²) in [5, 5.41) is 18.7. The molecule has 0 aliphatic heterocycles. The van der Waals surface area contributed by atoms with Gasteiger partial charge in [0.2, 0.25) is 0 Å². The summed E-state index contributed by atoms with van der Waals surface area (Å²) >= 11 is 0. The van der Waals surface area contributed by atoms with Gasteiger partial charge in [-0.05, 0) is 48.2 Å². The third-order valence-electron chi connectivity index (χ3n) is 4.93. The Morgan fingerprint density at radius 1 is 1.26 bits per heavy atom. The van der Waals surface area contributed by atoms with Crippen molar-refractivity contribution < 1.29 is 9.90 Å². The van der Waals surface area contributed by atoms with E-state index >= 15 is 0 Å². The SMILES string of the molecule is Cc1cccc([C@H](C)c2nc(Cc3cccc(C#N)c3)cn2C(=O)O)c1C. The summed E-state index contributed by atoms with van der Waals surface area (Å²) in [5.41, 5.74) is 5.56. The van der Waals surface area contributed by atoms with Crippen LogP contribution in [0.25, 0.3) is 0 Å². The van der Waals surface area contributed by atoms with Crippen LogP contribution in [0.4, 0.5) is 4.79 Å². The van der Waals surface area contributed by atoms with Crippen LogP contribution in [0.2, 0.25) is 0 Å². The topological polar surface area (TPSA) is 78.9 Å². The lowest BCUT2D eigenvalue weighted by Crippen LogP contribution is -2.14. The zero-order valence-electron chi connectivity index (χ0n) is 15.6. The number of carbonyl (C=O) groups is 1. The minimum Gasteiger partial charge on any atom is -0.464 e. The maximum absolute atomic E-state index is 11.8. The average Bonchev–Trinajstić information content (AvgIpc) is 3.07. The van der Waals surface area contributed by atoms with Crippen molar-refractivity contribution in [1.82, 2.24) is 9.55 Å². The van der Waals surface area contributed by atoms with E-state index in [1.165, 1.54) is 10.1 Å². The summed E-state index contributed by atoms with van der Waals surface area (Å²) in [6.07, 6.45) is 0.993. The van der Waals surface area contributed by atoms with Crippen LogP contribution in [0.15, 0.2) is 48.7 Å². The number of imidazole rings is 1. The van der Waals surface area contributed by atoms with E-state index in [-0.39, 0.29) is 5.92 Å². The molecule has 0 amide bonds. The molecule has 1 aromatic heterocycles. The molecule has 27 heavy (non-hydrogen) atoms. The van der Waals surface area contributed by atoms with Crippen LogP contribution >= 0.6 is 0 Å². The van der Waals surface area contributed by atoms with Gasteiger partial charge in [0.05, 0.1) is 17.3 Å². The van der Waals surface area contributed by atoms with E-state index in [9.17, 15) is 9.90 Å². The van der Waals surface area contributed by atoms with Crippen LogP contribution in [0, 0.1) is 25.2 Å². The average molecular weight is 359 g/mol. The fourth-order valence-electron chi connectivity index (χ4n) is 3.33. The van der Waals surface area contributed by atoms with Gasteiger partial charge in [-0.1, -0.05) is 37.3 Å². The molecule has 0 aliphatic carbocycles. The summed E-state index contributed by atoms with van der Waals surface area (Å²) in [6.45, 7) is 6.07. The predicted molar refractivity (Wildman–Crippen MR) is 103 cm³/mol. The first-order chi connectivity index (χ1) is 12.9. The van der Waals surface area contributed by atoms with Crippen molar-refractivity contribution in [3.63, 3.8) is 0 Å². The van der Waals surface area contributed by atoms with Crippen LogP contribution < -0.4 is 0 Å². The molecule has 0 bridgehead atoms. The molecule has 1 N–H and O–H groups in total. The second-order valence-corrected chi connectivity index (χ2v) is 6.74. The van der Waals surface area contributed by atoms with Crippen LogP contribution in [0.1, 0.15) is 52.2 Å². The number of carboxylic acid groups (broad SMARTS) is 1. The highest BCUT2D eigenvalue weighted by molar-refractivity contribution is 5.69. The van der Waals surface area contributed by atoms with E-state index in [0.29, 0.717) is 23.5 Å². The van der Waals surface area contributed by atoms with Gasteiger partial charge < -0.3 is 5.11 Å². The second kappa shape index (κ2) is 7.46. The molecule has 0 radical (unpaired) electrons. The van der Waals surface area contributed by atoms with Crippen LogP contribution in [-0.4, -0.2) is 20.8 Å². The number of nitriles is 1. The molecule has 0 fully saturated rings. The lowest BCUT2D eigenvalue weighted by molar-refractivity contribution is 0.195. The second-order valence-electron chi connectivity index (χ2n) is 6.74. The molecule has 5 nitrogen and oxygen atoms in total. The number of aryl methyl sites for hydroxylation is 1. The smallest absolute Gasteiger partial charge is 0.417 e. The fourth-order valence-corrected chi connectivity index (χ4v) is 3.33. The number of hydrogen-bond acceptors (Lipinski definition) is 3. The van der Waals surface area contributed by atoms with E-state index in [2.05, 4.69) is 11.1 Å². The van der Waals surface area contributed by atoms with Gasteiger partial charge in [-0.2, -0.15) is 5.26 Å². The summed E-state index contributed by atoms with van der Waals surface area (Å²) in [4.78, 5) is 16.4. The summed E-state index contributed by atoms with van der Waals surface area (Å²) < 4.78 is 1.20. The Balaban J connectivity index is 1.99. The zero-order valence-corrected chi connectivity index (χ0v) is 15.6. The first-order valence-electron chi connectivity index (χ1n) is 8.77. The predicted octanol–water partition coefficient (Wildman–Crippen LogP) is 4.64. The first-order valence-corrected chi connectivity index (χ1v) is 8.77. The quantitative estimate of drug-likeness (QED) is 0.736. The van der Waals surface area contributed by atoms with Crippen molar-refractivity contribution in [3.05, 3.63) is 88.0 Å². The Labute approximate surface area is 158 Å². The molecular weight excluding hydrogens is 338 g/mol. The lowest BCUT2D eigenvalue weighted by atomic mass is 9.93. The number of aromatic nitrogens is 2. The highest BCUT2D eigenvalue weighted by Crippen LogP contribution is 2.28. The normalized spacial score (nSPS) is 11.8. The third kappa shape index (κ3) is 3.75. The highest BCUT2D eigenvalue weighted by atomic mass is 16.4. The summed E-state index contributed by atoms with van der Waals surface area (Å²) in [7, 11) is 0. The minimum atomic E-state index is -1.05. The van der Waals surface area contributed by atoms with Gasteiger partial charge in [0.15, 0.2) is 0 Å². The van der Waals surface area contributed by atoms with E-state index in [1.807, 2.05) is 51.1 Å². The first kappa shape index (κ1) is 18.4. The summed E-state index contributed by atoms with van der Waals surface area (Å²) in [5.74, 6) is 0.350. The van der Waals surface area contributed by atoms with Gasteiger partial charge in [-0.15, -0.1) is 0 Å². The maximum atomic E-state index is 11.8. The van der Waals surface area contributed by atoms with Gasteiger partial charge in [-0.3, -0.25) is 0 Å². The Hall–Kier alpha value is -3.39. The molecule has 3 rings (SSSR count). The van der Waals surface area contributed by atoms with E-state index in [0.717, 1.165) is 16.7 Å². The molecule has 0 unspecified atom stereocenters. The number of rotatable bonds is 4. The molecular formula is C22H21N3O2. The Morgan fingerprint density at radius 3 is 2.70 bits per heavy atom. The third-order valence-corrected chi connectivity index (χ3v) is 4.93. The van der Waals surface area contributed by atoms with Crippen molar-refractivity contribution in [2.75, 3.05) is 0 Å². The fraction of sp³-hybridized carbons (Fsp3) is 0.227. The van der Waals surface area contributed by atoms with E-state index in [1.54, 1.807) is 18.3 Å². The molecule has 3 aromatic rings. The van der Waals surface area contributed by atoms with Crippen LogP contribution in [0.5, 0.6) is 0 Å².